The summed E-state index contributed by atoms with van der Waals surface area (Å²) in [5, 5.41) is 6.34. The van der Waals surface area contributed by atoms with Crippen LogP contribution in [0.15, 0.2) is 42.5 Å². The van der Waals surface area contributed by atoms with Crippen molar-refractivity contribution < 1.29 is 29.6 Å². The molecule has 0 unspecified atom stereocenters. The van der Waals surface area contributed by atoms with Crippen LogP contribution in [0.2, 0.25) is 0 Å². The molecule has 6 heteroatoms. The topological polar surface area (TPSA) is 29.4 Å². The monoisotopic (exact) mass is 421 g/mol. The smallest absolute Gasteiger partial charge is 0.0594 e. The highest BCUT2D eigenvalue weighted by Gasteiger charge is 2.10. The first-order chi connectivity index (χ1) is 12.9. The summed E-state index contributed by atoms with van der Waals surface area (Å²) >= 11 is 0. The number of hydrogen-bond acceptors (Lipinski definition) is 3. The number of ether oxygens (including phenoxy) is 1. The van der Waals surface area contributed by atoms with Gasteiger partial charge in [0.15, 0.2) is 0 Å². The largest absolute Gasteiger partial charge is 1.00 e. The lowest BCUT2D eigenvalue weighted by Gasteiger charge is -2.26. The molecular formula is C22H29Cl2N3O-2. The van der Waals surface area contributed by atoms with Crippen molar-refractivity contribution in [1.29, 1.82) is 0 Å². The lowest BCUT2D eigenvalue weighted by molar-refractivity contribution is -0.00100. The number of aryl methyl sites for hydroxylation is 1. The summed E-state index contributed by atoms with van der Waals surface area (Å²) in [6.45, 7) is 10.3. The van der Waals surface area contributed by atoms with Crippen LogP contribution in [0.4, 0.5) is 0 Å². The van der Waals surface area contributed by atoms with E-state index in [-0.39, 0.29) is 24.8 Å². The predicted octanol–water partition coefficient (Wildman–Crippen LogP) is -2.37. The molecule has 0 aliphatic carbocycles. The van der Waals surface area contributed by atoms with Crippen molar-refractivity contribution in [2.24, 2.45) is 0 Å². The van der Waals surface area contributed by atoms with E-state index in [2.05, 4.69) is 64.2 Å². The van der Waals surface area contributed by atoms with E-state index in [4.69, 9.17) is 4.74 Å². The molecule has 0 saturated carbocycles. The number of benzene rings is 2. The molecule has 1 N–H and O–H groups in total. The highest BCUT2D eigenvalue weighted by atomic mass is 35.5. The average Bonchev–Trinajstić information content (AvgIpc) is 3.01. The molecule has 1 saturated heterocycles. The van der Waals surface area contributed by atoms with Gasteiger partial charge in [0.05, 0.1) is 13.2 Å². The van der Waals surface area contributed by atoms with Gasteiger partial charge in [0, 0.05) is 48.0 Å². The zero-order chi connectivity index (χ0) is 17.8. The van der Waals surface area contributed by atoms with Gasteiger partial charge in [0.2, 0.25) is 0 Å². The van der Waals surface area contributed by atoms with E-state index in [1.165, 1.54) is 40.3 Å². The van der Waals surface area contributed by atoms with Gasteiger partial charge in [-0.25, -0.2) is 0 Å². The first-order valence-electron chi connectivity index (χ1n) is 9.87. The van der Waals surface area contributed by atoms with Gasteiger partial charge in [0.1, 0.15) is 0 Å². The van der Waals surface area contributed by atoms with E-state index in [0.717, 1.165) is 45.9 Å². The van der Waals surface area contributed by atoms with Crippen LogP contribution in [0.5, 0.6) is 0 Å². The van der Waals surface area contributed by atoms with Crippen LogP contribution in [0.3, 0.4) is 0 Å². The van der Waals surface area contributed by atoms with E-state index in [1.807, 2.05) is 0 Å². The summed E-state index contributed by atoms with van der Waals surface area (Å²) in [6, 6.07) is 15.6. The van der Waals surface area contributed by atoms with Crippen molar-refractivity contribution in [3.05, 3.63) is 48.0 Å². The van der Waals surface area contributed by atoms with Crippen LogP contribution in [0.1, 0.15) is 18.9 Å². The Morgan fingerprint density at radius 3 is 2.50 bits per heavy atom. The molecule has 4 rings (SSSR count). The fourth-order valence-corrected chi connectivity index (χ4v) is 4.04. The molecule has 1 aromatic heterocycles. The number of halogens is 2. The standard InChI is InChI=1S/C22H29N3O.2ClH/c1-2-25-21-7-4-3-6-19(21)20-16-18(8-9-22(20)25)17-23-10-5-11-24-12-14-26-15-13-24;;/h3-4,6-9,16,23H,2,5,10-15,17H2,1H3;2*1H/p-2. The average molecular weight is 422 g/mol. The zero-order valence-corrected chi connectivity index (χ0v) is 18.0. The second-order valence-corrected chi connectivity index (χ2v) is 7.10. The Kier molecular flexibility index (Phi) is 9.06. The van der Waals surface area contributed by atoms with Gasteiger partial charge in [-0.05, 0) is 50.2 Å². The van der Waals surface area contributed by atoms with Crippen LogP contribution in [-0.2, 0) is 17.8 Å². The van der Waals surface area contributed by atoms with Crippen LogP contribution in [0.25, 0.3) is 21.8 Å². The summed E-state index contributed by atoms with van der Waals surface area (Å²) in [5.74, 6) is 0. The molecular weight excluding hydrogens is 393 g/mol. The van der Waals surface area contributed by atoms with Crippen molar-refractivity contribution in [2.75, 3.05) is 39.4 Å². The van der Waals surface area contributed by atoms with E-state index in [0.29, 0.717) is 0 Å². The van der Waals surface area contributed by atoms with E-state index >= 15 is 0 Å². The Labute approximate surface area is 180 Å². The Bertz CT molecular complexity index is 875. The number of aromatic nitrogens is 1. The Morgan fingerprint density at radius 2 is 1.71 bits per heavy atom. The number of morpholine rings is 1. The quantitative estimate of drug-likeness (QED) is 0.432. The first kappa shape index (κ1) is 23.0. The SMILES string of the molecule is CCn1c2ccccc2c2cc(CNCCCN3CCOCC3)ccc21.[Cl-].[Cl-]. The summed E-state index contributed by atoms with van der Waals surface area (Å²) in [5.41, 5.74) is 4.04. The maximum Gasteiger partial charge on any atom is 0.0594 e. The molecule has 2 heterocycles. The Balaban J connectivity index is 0.00000140. The lowest BCUT2D eigenvalue weighted by Crippen LogP contribution is -3.00. The number of nitrogens with one attached hydrogen (secondary N) is 1. The van der Waals surface area contributed by atoms with Gasteiger partial charge in [-0.15, -0.1) is 0 Å². The molecule has 4 nitrogen and oxygen atoms in total. The third kappa shape index (κ3) is 5.00. The molecule has 28 heavy (non-hydrogen) atoms. The molecule has 0 spiro atoms. The fourth-order valence-electron chi connectivity index (χ4n) is 4.04. The second-order valence-electron chi connectivity index (χ2n) is 7.10. The summed E-state index contributed by atoms with van der Waals surface area (Å²) < 4.78 is 7.81. The van der Waals surface area contributed by atoms with Crippen LogP contribution in [0, 0.1) is 0 Å². The summed E-state index contributed by atoms with van der Waals surface area (Å²) in [4.78, 5) is 2.50. The van der Waals surface area contributed by atoms with Gasteiger partial charge in [0.25, 0.3) is 0 Å². The number of nitrogens with zero attached hydrogens (tertiary/aromatic N) is 2. The van der Waals surface area contributed by atoms with Gasteiger partial charge in [-0.3, -0.25) is 4.90 Å². The third-order valence-corrected chi connectivity index (χ3v) is 5.41. The van der Waals surface area contributed by atoms with Crippen molar-refractivity contribution in [2.45, 2.75) is 26.4 Å². The number of fused-ring (bicyclic) bond motifs is 3. The first-order valence-corrected chi connectivity index (χ1v) is 9.87. The minimum Gasteiger partial charge on any atom is -1.00 e. The van der Waals surface area contributed by atoms with Gasteiger partial charge >= 0.3 is 0 Å². The van der Waals surface area contributed by atoms with Crippen LogP contribution < -0.4 is 30.1 Å². The molecule has 0 radical (unpaired) electrons. The second kappa shape index (κ2) is 11.0. The fraction of sp³-hybridized carbons (Fsp3) is 0.455. The molecule has 2 aromatic carbocycles. The maximum atomic E-state index is 5.40. The molecule has 1 aliphatic heterocycles. The van der Waals surface area contributed by atoms with E-state index in [9.17, 15) is 0 Å². The highest BCUT2D eigenvalue weighted by Crippen LogP contribution is 2.29. The van der Waals surface area contributed by atoms with Gasteiger partial charge < -0.3 is 39.4 Å². The third-order valence-electron chi connectivity index (χ3n) is 5.41. The van der Waals surface area contributed by atoms with E-state index < -0.39 is 0 Å². The molecule has 0 bridgehead atoms. The molecule has 154 valence electrons. The normalized spacial score (nSPS) is 14.8. The number of para-hydroxylation sites is 1. The Hall–Kier alpha value is -1.30. The highest BCUT2D eigenvalue weighted by molar-refractivity contribution is 6.08. The number of rotatable bonds is 7. The zero-order valence-electron chi connectivity index (χ0n) is 16.5. The lowest BCUT2D eigenvalue weighted by atomic mass is 10.1. The van der Waals surface area contributed by atoms with E-state index in [1.54, 1.807) is 0 Å². The summed E-state index contributed by atoms with van der Waals surface area (Å²) in [6.07, 6.45) is 1.19. The van der Waals surface area contributed by atoms with Crippen molar-refractivity contribution >= 4 is 21.8 Å². The van der Waals surface area contributed by atoms with Gasteiger partial charge in [-0.1, -0.05) is 24.3 Å². The molecule has 1 fully saturated rings. The maximum absolute atomic E-state index is 5.40. The van der Waals surface area contributed by atoms with Crippen LogP contribution >= 0.6 is 0 Å². The Morgan fingerprint density at radius 1 is 0.964 bits per heavy atom. The van der Waals surface area contributed by atoms with Crippen molar-refractivity contribution in [1.82, 2.24) is 14.8 Å². The molecule has 0 atom stereocenters. The van der Waals surface area contributed by atoms with Gasteiger partial charge in [-0.2, -0.15) is 0 Å². The predicted molar refractivity (Wildman–Crippen MR) is 109 cm³/mol. The van der Waals surface area contributed by atoms with Crippen molar-refractivity contribution in [3.63, 3.8) is 0 Å². The van der Waals surface area contributed by atoms with Crippen molar-refractivity contribution in [3.8, 4) is 0 Å². The minimum absolute atomic E-state index is 0. The van der Waals surface area contributed by atoms with Crippen LogP contribution in [-0.4, -0.2) is 48.9 Å². The number of hydrogen-bond donors (Lipinski definition) is 1. The molecule has 1 aliphatic rings. The summed E-state index contributed by atoms with van der Waals surface area (Å²) in [7, 11) is 0. The molecule has 3 aromatic rings. The minimum atomic E-state index is 0. The molecule has 0 amide bonds.